The minimum absolute atomic E-state index is 0.0483. The van der Waals surface area contributed by atoms with Crippen LogP contribution in [0.25, 0.3) is 10.9 Å². The summed E-state index contributed by atoms with van der Waals surface area (Å²) in [5, 5.41) is 14.1. The van der Waals surface area contributed by atoms with E-state index in [1.165, 1.54) is 0 Å². The van der Waals surface area contributed by atoms with E-state index >= 15 is 0 Å². The van der Waals surface area contributed by atoms with Crippen molar-refractivity contribution < 1.29 is 4.79 Å². The largest absolute Gasteiger partial charge is 0.370 e. The zero-order valence-corrected chi connectivity index (χ0v) is 12.4. The SMILES string of the molecule is O=C1Nc2ccc(Br)cc2C1Nc1ccc2cn[nH]c2c1. The van der Waals surface area contributed by atoms with Gasteiger partial charge in [-0.15, -0.1) is 0 Å². The van der Waals surface area contributed by atoms with E-state index in [1.54, 1.807) is 6.20 Å². The molecule has 0 saturated carbocycles. The maximum Gasteiger partial charge on any atom is 0.251 e. The van der Waals surface area contributed by atoms with E-state index in [-0.39, 0.29) is 5.91 Å². The van der Waals surface area contributed by atoms with E-state index < -0.39 is 6.04 Å². The second-order valence-electron chi connectivity index (χ2n) is 4.97. The Morgan fingerprint density at radius 2 is 2.10 bits per heavy atom. The molecule has 0 spiro atoms. The first-order valence-corrected chi connectivity index (χ1v) is 7.30. The number of carbonyl (C=O) groups excluding carboxylic acids is 1. The Morgan fingerprint density at radius 3 is 3.00 bits per heavy atom. The summed E-state index contributed by atoms with van der Waals surface area (Å²) >= 11 is 3.44. The number of nitrogens with one attached hydrogen (secondary N) is 3. The highest BCUT2D eigenvalue weighted by molar-refractivity contribution is 9.10. The van der Waals surface area contributed by atoms with Gasteiger partial charge >= 0.3 is 0 Å². The van der Waals surface area contributed by atoms with Crippen molar-refractivity contribution >= 4 is 44.1 Å². The number of benzene rings is 2. The molecule has 0 aliphatic carbocycles. The van der Waals surface area contributed by atoms with Crippen LogP contribution in [-0.2, 0) is 4.79 Å². The number of amides is 1. The highest BCUT2D eigenvalue weighted by atomic mass is 79.9. The van der Waals surface area contributed by atoms with Gasteiger partial charge in [0.25, 0.3) is 5.91 Å². The van der Waals surface area contributed by atoms with Crippen LogP contribution in [0.4, 0.5) is 11.4 Å². The van der Waals surface area contributed by atoms with E-state index in [9.17, 15) is 4.79 Å². The lowest BCUT2D eigenvalue weighted by Crippen LogP contribution is -2.19. The van der Waals surface area contributed by atoms with E-state index in [4.69, 9.17) is 0 Å². The van der Waals surface area contributed by atoms with Crippen molar-refractivity contribution in [2.75, 3.05) is 10.6 Å². The fourth-order valence-electron chi connectivity index (χ4n) is 2.57. The quantitative estimate of drug-likeness (QED) is 0.668. The fourth-order valence-corrected chi connectivity index (χ4v) is 2.95. The predicted octanol–water partition coefficient (Wildman–Crippen LogP) is 3.43. The van der Waals surface area contributed by atoms with Crippen molar-refractivity contribution in [3.63, 3.8) is 0 Å². The molecule has 0 bridgehead atoms. The van der Waals surface area contributed by atoms with Gasteiger partial charge in [-0.05, 0) is 36.4 Å². The number of halogens is 1. The third-order valence-corrected chi connectivity index (χ3v) is 4.09. The number of hydrogen-bond donors (Lipinski definition) is 3. The molecule has 0 saturated heterocycles. The first-order chi connectivity index (χ1) is 10.2. The van der Waals surface area contributed by atoms with Gasteiger partial charge in [-0.2, -0.15) is 5.10 Å². The molecule has 1 atom stereocenters. The van der Waals surface area contributed by atoms with Gasteiger partial charge in [0, 0.05) is 26.8 Å². The Morgan fingerprint density at radius 1 is 1.19 bits per heavy atom. The summed E-state index contributed by atoms with van der Waals surface area (Å²) in [6.07, 6.45) is 1.77. The molecule has 3 N–H and O–H groups in total. The summed E-state index contributed by atoms with van der Waals surface area (Å²) in [5.74, 6) is -0.0483. The topological polar surface area (TPSA) is 69.8 Å². The molecule has 1 unspecified atom stereocenters. The van der Waals surface area contributed by atoms with Crippen LogP contribution in [0.5, 0.6) is 0 Å². The van der Waals surface area contributed by atoms with Crippen molar-refractivity contribution in [2.45, 2.75) is 6.04 Å². The molecule has 0 radical (unpaired) electrons. The number of anilines is 2. The number of carbonyl (C=O) groups is 1. The van der Waals surface area contributed by atoms with Crippen molar-refractivity contribution in [1.82, 2.24) is 10.2 Å². The fraction of sp³-hybridized carbons (Fsp3) is 0.0667. The molecule has 0 fully saturated rings. The number of aromatic nitrogens is 2. The van der Waals surface area contributed by atoms with Crippen LogP contribution < -0.4 is 10.6 Å². The lowest BCUT2D eigenvalue weighted by molar-refractivity contribution is -0.116. The Hall–Kier alpha value is -2.34. The van der Waals surface area contributed by atoms with Crippen LogP contribution in [0.2, 0.25) is 0 Å². The summed E-state index contributed by atoms with van der Waals surface area (Å²) in [6, 6.07) is 11.2. The van der Waals surface area contributed by atoms with Gasteiger partial charge in [-0.1, -0.05) is 15.9 Å². The minimum Gasteiger partial charge on any atom is -0.370 e. The molecular weight excluding hydrogens is 332 g/mol. The molecule has 3 aromatic rings. The average molecular weight is 343 g/mol. The Labute approximate surface area is 128 Å². The lowest BCUT2D eigenvalue weighted by Gasteiger charge is -2.13. The Bertz CT molecular complexity index is 858. The molecule has 6 heteroatoms. The van der Waals surface area contributed by atoms with E-state index in [2.05, 4.69) is 36.8 Å². The van der Waals surface area contributed by atoms with Gasteiger partial charge in [-0.25, -0.2) is 0 Å². The summed E-state index contributed by atoms with van der Waals surface area (Å²) in [5.41, 5.74) is 3.61. The van der Waals surface area contributed by atoms with Crippen molar-refractivity contribution in [2.24, 2.45) is 0 Å². The Balaban J connectivity index is 1.70. The molecule has 2 aromatic carbocycles. The van der Waals surface area contributed by atoms with Gasteiger partial charge in [-0.3, -0.25) is 9.89 Å². The van der Waals surface area contributed by atoms with Gasteiger partial charge < -0.3 is 10.6 Å². The van der Waals surface area contributed by atoms with Crippen LogP contribution in [0.3, 0.4) is 0 Å². The molecule has 4 rings (SSSR count). The molecule has 1 aliphatic rings. The van der Waals surface area contributed by atoms with Gasteiger partial charge in [0.1, 0.15) is 6.04 Å². The molecule has 1 amide bonds. The summed E-state index contributed by atoms with van der Waals surface area (Å²) in [7, 11) is 0. The molecule has 1 aromatic heterocycles. The highest BCUT2D eigenvalue weighted by Crippen LogP contribution is 2.35. The number of H-pyrrole nitrogens is 1. The number of fused-ring (bicyclic) bond motifs is 2. The number of hydrogen-bond acceptors (Lipinski definition) is 3. The number of aromatic amines is 1. The second kappa shape index (κ2) is 4.60. The average Bonchev–Trinajstić information content (AvgIpc) is 3.04. The van der Waals surface area contributed by atoms with Gasteiger partial charge in [0.2, 0.25) is 0 Å². The molecule has 5 nitrogen and oxygen atoms in total. The van der Waals surface area contributed by atoms with Crippen LogP contribution in [0, 0.1) is 0 Å². The van der Waals surface area contributed by atoms with E-state index in [1.807, 2.05) is 36.4 Å². The smallest absolute Gasteiger partial charge is 0.251 e. The maximum absolute atomic E-state index is 12.2. The highest BCUT2D eigenvalue weighted by Gasteiger charge is 2.30. The first kappa shape index (κ1) is 12.4. The Kier molecular flexibility index (Phi) is 2.71. The van der Waals surface area contributed by atoms with Crippen LogP contribution in [-0.4, -0.2) is 16.1 Å². The predicted molar refractivity (Wildman–Crippen MR) is 85.2 cm³/mol. The molecule has 104 valence electrons. The second-order valence-corrected chi connectivity index (χ2v) is 5.89. The summed E-state index contributed by atoms with van der Waals surface area (Å²) in [4.78, 5) is 12.2. The van der Waals surface area contributed by atoms with Crippen LogP contribution >= 0.6 is 15.9 Å². The van der Waals surface area contributed by atoms with Crippen LogP contribution in [0.15, 0.2) is 47.1 Å². The molecule has 1 aliphatic heterocycles. The number of rotatable bonds is 2. The maximum atomic E-state index is 12.2. The summed E-state index contributed by atoms with van der Waals surface area (Å²) < 4.78 is 0.952. The number of nitrogens with zero attached hydrogens (tertiary/aromatic N) is 1. The zero-order chi connectivity index (χ0) is 14.4. The van der Waals surface area contributed by atoms with Gasteiger partial charge in [0.15, 0.2) is 0 Å². The monoisotopic (exact) mass is 342 g/mol. The van der Waals surface area contributed by atoms with Crippen molar-refractivity contribution in [3.05, 3.63) is 52.6 Å². The van der Waals surface area contributed by atoms with Gasteiger partial charge in [0.05, 0.1) is 11.7 Å². The summed E-state index contributed by atoms with van der Waals surface area (Å²) in [6.45, 7) is 0. The molecule has 2 heterocycles. The molecular formula is C15H11BrN4O. The van der Waals surface area contributed by atoms with Crippen LogP contribution in [0.1, 0.15) is 11.6 Å². The van der Waals surface area contributed by atoms with E-state index in [0.29, 0.717) is 0 Å². The normalized spacial score (nSPS) is 16.8. The standard InChI is InChI=1S/C15H11BrN4O/c16-9-2-4-12-11(5-9)14(15(21)19-12)18-10-3-1-8-7-17-20-13(8)6-10/h1-7,14,18H,(H,17,20)(H,19,21). The third-order valence-electron chi connectivity index (χ3n) is 3.60. The first-order valence-electron chi connectivity index (χ1n) is 6.51. The van der Waals surface area contributed by atoms with E-state index in [0.717, 1.165) is 32.3 Å². The minimum atomic E-state index is -0.391. The zero-order valence-electron chi connectivity index (χ0n) is 10.9. The van der Waals surface area contributed by atoms with Crippen molar-refractivity contribution in [3.8, 4) is 0 Å². The lowest BCUT2D eigenvalue weighted by atomic mass is 10.1. The third kappa shape index (κ3) is 2.08. The molecule has 21 heavy (non-hydrogen) atoms. The van der Waals surface area contributed by atoms with Crippen molar-refractivity contribution in [1.29, 1.82) is 0 Å².